The van der Waals surface area contributed by atoms with Crippen molar-refractivity contribution in [1.29, 1.82) is 0 Å². The maximum atomic E-state index is 13.2. The number of anilines is 2. The molecule has 2 aromatic rings. The van der Waals surface area contributed by atoms with Crippen molar-refractivity contribution in [3.63, 3.8) is 0 Å². The Morgan fingerprint density at radius 1 is 1.09 bits per heavy atom. The zero-order valence-electron chi connectivity index (χ0n) is 19.3. The Hall–Kier alpha value is -3.02. The number of para-hydroxylation sites is 1. The highest BCUT2D eigenvalue weighted by molar-refractivity contribution is 6.01. The van der Waals surface area contributed by atoms with E-state index in [2.05, 4.69) is 30.9 Å². The van der Waals surface area contributed by atoms with E-state index in [1.165, 1.54) is 5.56 Å². The van der Waals surface area contributed by atoms with E-state index in [0.717, 1.165) is 36.6 Å². The van der Waals surface area contributed by atoms with Gasteiger partial charge in [-0.3, -0.25) is 9.59 Å². The fraction of sp³-hybridized carbons (Fsp3) is 0.462. The number of carbonyl (C=O) groups is 2. The molecule has 0 spiro atoms. The van der Waals surface area contributed by atoms with Crippen LogP contribution in [0.5, 0.6) is 5.75 Å². The lowest BCUT2D eigenvalue weighted by atomic mass is 9.96. The molecular formula is C26H33N3O3. The van der Waals surface area contributed by atoms with Crippen molar-refractivity contribution >= 4 is 23.2 Å². The third-order valence-electron chi connectivity index (χ3n) is 6.85. The zero-order chi connectivity index (χ0) is 22.7. The molecule has 170 valence electrons. The lowest BCUT2D eigenvalue weighted by Gasteiger charge is -2.37. The van der Waals surface area contributed by atoms with Crippen molar-refractivity contribution in [3.8, 4) is 5.75 Å². The molecule has 6 nitrogen and oxygen atoms in total. The number of rotatable bonds is 6. The van der Waals surface area contributed by atoms with Crippen molar-refractivity contribution in [1.82, 2.24) is 4.90 Å². The van der Waals surface area contributed by atoms with E-state index >= 15 is 0 Å². The number of methoxy groups -OCH3 is 1. The van der Waals surface area contributed by atoms with Crippen LogP contribution in [-0.2, 0) is 9.59 Å². The van der Waals surface area contributed by atoms with E-state index in [1.807, 2.05) is 46.2 Å². The van der Waals surface area contributed by atoms with Crippen LogP contribution in [0.25, 0.3) is 0 Å². The molecular weight excluding hydrogens is 402 g/mol. The van der Waals surface area contributed by atoms with E-state index in [4.69, 9.17) is 4.74 Å². The monoisotopic (exact) mass is 435 g/mol. The van der Waals surface area contributed by atoms with Gasteiger partial charge in [-0.2, -0.15) is 0 Å². The zero-order valence-corrected chi connectivity index (χ0v) is 19.3. The number of nitrogens with zero attached hydrogens (tertiary/aromatic N) is 3. The predicted octanol–water partition coefficient (Wildman–Crippen LogP) is 3.91. The molecule has 0 aromatic heterocycles. The summed E-state index contributed by atoms with van der Waals surface area (Å²) in [5.41, 5.74) is 3.26. The van der Waals surface area contributed by atoms with Gasteiger partial charge in [-0.05, 0) is 36.1 Å². The summed E-state index contributed by atoms with van der Waals surface area (Å²) in [6, 6.07) is 16.1. The molecule has 2 heterocycles. The van der Waals surface area contributed by atoms with Crippen LogP contribution in [0, 0.1) is 5.92 Å². The van der Waals surface area contributed by atoms with Gasteiger partial charge in [-0.15, -0.1) is 0 Å². The maximum absolute atomic E-state index is 13.2. The molecule has 0 unspecified atom stereocenters. The van der Waals surface area contributed by atoms with Crippen LogP contribution in [0.15, 0.2) is 48.5 Å². The van der Waals surface area contributed by atoms with E-state index in [1.54, 1.807) is 7.11 Å². The highest BCUT2D eigenvalue weighted by Gasteiger charge is 2.38. The Morgan fingerprint density at radius 3 is 2.56 bits per heavy atom. The molecule has 32 heavy (non-hydrogen) atoms. The van der Waals surface area contributed by atoms with E-state index in [-0.39, 0.29) is 17.7 Å². The van der Waals surface area contributed by atoms with Crippen molar-refractivity contribution in [2.24, 2.45) is 5.92 Å². The molecule has 2 aromatic carbocycles. The normalized spacial score (nSPS) is 19.9. The lowest BCUT2D eigenvalue weighted by Crippen LogP contribution is -2.50. The van der Waals surface area contributed by atoms with Crippen molar-refractivity contribution in [3.05, 3.63) is 54.1 Å². The van der Waals surface area contributed by atoms with Crippen molar-refractivity contribution in [2.75, 3.05) is 49.6 Å². The van der Waals surface area contributed by atoms with Gasteiger partial charge in [-0.1, -0.05) is 38.1 Å². The summed E-state index contributed by atoms with van der Waals surface area (Å²) in [5.74, 6) is 1.10. The van der Waals surface area contributed by atoms with Crippen LogP contribution in [0.1, 0.15) is 38.2 Å². The van der Waals surface area contributed by atoms with Gasteiger partial charge in [0.05, 0.1) is 13.0 Å². The molecule has 0 aliphatic carbocycles. The van der Waals surface area contributed by atoms with Gasteiger partial charge in [0.1, 0.15) is 5.75 Å². The fourth-order valence-corrected chi connectivity index (χ4v) is 4.73. The number of carbonyl (C=O) groups excluding carboxylic acids is 2. The van der Waals surface area contributed by atoms with Gasteiger partial charge in [0.15, 0.2) is 0 Å². The van der Waals surface area contributed by atoms with Crippen LogP contribution < -0.4 is 14.5 Å². The summed E-state index contributed by atoms with van der Waals surface area (Å²) >= 11 is 0. The summed E-state index contributed by atoms with van der Waals surface area (Å²) in [6.45, 7) is 7.71. The molecule has 6 heteroatoms. The van der Waals surface area contributed by atoms with Crippen LogP contribution in [-0.4, -0.2) is 56.5 Å². The Labute approximate surface area is 190 Å². The molecule has 0 bridgehead atoms. The van der Waals surface area contributed by atoms with Gasteiger partial charge in [0, 0.05) is 56.6 Å². The highest BCUT2D eigenvalue weighted by atomic mass is 16.5. The van der Waals surface area contributed by atoms with Gasteiger partial charge in [-0.25, -0.2) is 0 Å². The minimum Gasteiger partial charge on any atom is -0.497 e. The first-order valence-electron chi connectivity index (χ1n) is 11.6. The largest absolute Gasteiger partial charge is 0.497 e. The molecule has 2 atom stereocenters. The first-order valence-corrected chi connectivity index (χ1v) is 11.6. The summed E-state index contributed by atoms with van der Waals surface area (Å²) in [5, 5.41) is 0. The summed E-state index contributed by atoms with van der Waals surface area (Å²) in [4.78, 5) is 32.2. The minimum atomic E-state index is -0.268. The fourth-order valence-electron chi connectivity index (χ4n) is 4.73. The number of hydrogen-bond acceptors (Lipinski definition) is 4. The average molecular weight is 436 g/mol. The van der Waals surface area contributed by atoms with Gasteiger partial charge < -0.3 is 19.4 Å². The Kier molecular flexibility index (Phi) is 6.68. The molecule has 0 radical (unpaired) electrons. The van der Waals surface area contributed by atoms with Crippen LogP contribution in [0.4, 0.5) is 11.4 Å². The summed E-state index contributed by atoms with van der Waals surface area (Å²) in [7, 11) is 1.67. The maximum Gasteiger partial charge on any atom is 0.228 e. The molecule has 2 aliphatic rings. The van der Waals surface area contributed by atoms with E-state index < -0.39 is 0 Å². The van der Waals surface area contributed by atoms with Crippen molar-refractivity contribution in [2.45, 2.75) is 32.6 Å². The highest BCUT2D eigenvalue weighted by Crippen LogP contribution is 2.34. The quantitative estimate of drug-likeness (QED) is 0.690. The number of amides is 2. The molecule has 2 aliphatic heterocycles. The predicted molar refractivity (Wildman–Crippen MR) is 127 cm³/mol. The SMILES string of the molecule is CC[C@H](C)c1ccccc1N1C[C@H](C(=O)N2CCN(c3cccc(OC)c3)CC2)CC1=O. The number of piperazine rings is 1. The number of hydrogen-bond donors (Lipinski definition) is 0. The summed E-state index contributed by atoms with van der Waals surface area (Å²) in [6.07, 6.45) is 1.31. The third-order valence-corrected chi connectivity index (χ3v) is 6.85. The molecule has 4 rings (SSSR count). The second-order valence-electron chi connectivity index (χ2n) is 8.79. The van der Waals surface area contributed by atoms with E-state index in [9.17, 15) is 9.59 Å². The van der Waals surface area contributed by atoms with E-state index in [0.29, 0.717) is 32.0 Å². The molecule has 2 saturated heterocycles. The molecule has 0 N–H and O–H groups in total. The average Bonchev–Trinajstić information content (AvgIpc) is 3.24. The summed E-state index contributed by atoms with van der Waals surface area (Å²) < 4.78 is 5.33. The van der Waals surface area contributed by atoms with Crippen LogP contribution in [0.3, 0.4) is 0 Å². The first kappa shape index (κ1) is 22.2. The number of ether oxygens (including phenoxy) is 1. The lowest BCUT2D eigenvalue weighted by molar-refractivity contribution is -0.136. The Bertz CT molecular complexity index is 968. The smallest absolute Gasteiger partial charge is 0.228 e. The second kappa shape index (κ2) is 9.63. The van der Waals surface area contributed by atoms with Gasteiger partial charge in [0.2, 0.25) is 11.8 Å². The molecule has 2 fully saturated rings. The Morgan fingerprint density at radius 2 is 1.84 bits per heavy atom. The second-order valence-corrected chi connectivity index (χ2v) is 8.79. The third kappa shape index (κ3) is 4.45. The Balaban J connectivity index is 1.40. The first-order chi connectivity index (χ1) is 15.5. The molecule has 0 saturated carbocycles. The molecule has 2 amide bonds. The van der Waals surface area contributed by atoms with Gasteiger partial charge >= 0.3 is 0 Å². The minimum absolute atomic E-state index is 0.0501. The standard InChI is InChI=1S/C26H33N3O3/c1-4-19(2)23-10-5-6-11-24(23)29-18-20(16-25(29)30)26(31)28-14-12-27(13-15-28)21-8-7-9-22(17-21)32-3/h5-11,17,19-20H,4,12-16,18H2,1-3H3/t19-,20+/m0/s1. The number of benzene rings is 2. The van der Waals surface area contributed by atoms with Gasteiger partial charge in [0.25, 0.3) is 0 Å². The van der Waals surface area contributed by atoms with Crippen LogP contribution >= 0.6 is 0 Å². The van der Waals surface area contributed by atoms with Crippen molar-refractivity contribution < 1.29 is 14.3 Å². The topological polar surface area (TPSA) is 53.1 Å². The van der Waals surface area contributed by atoms with Crippen LogP contribution in [0.2, 0.25) is 0 Å².